The van der Waals surface area contributed by atoms with E-state index in [1.54, 1.807) is 0 Å². The van der Waals surface area contributed by atoms with Crippen LogP contribution < -0.4 is 0 Å². The molecule has 0 saturated carbocycles. The molecule has 2 heteroatoms. The van der Waals surface area contributed by atoms with Crippen molar-refractivity contribution in [2.75, 3.05) is 19.8 Å². The van der Waals surface area contributed by atoms with E-state index in [0.29, 0.717) is 12.0 Å². The summed E-state index contributed by atoms with van der Waals surface area (Å²) >= 11 is 0. The first kappa shape index (κ1) is 8.02. The van der Waals surface area contributed by atoms with Crippen molar-refractivity contribution >= 4 is 0 Å². The van der Waals surface area contributed by atoms with Gasteiger partial charge >= 0.3 is 0 Å². The third-order valence-electron chi connectivity index (χ3n) is 1.81. The molecular formula is C8H16O2. The Morgan fingerprint density at radius 1 is 1.70 bits per heavy atom. The monoisotopic (exact) mass is 144 g/mol. The molecular weight excluding hydrogens is 128 g/mol. The Bertz CT molecular complexity index is 89.3. The summed E-state index contributed by atoms with van der Waals surface area (Å²) < 4.78 is 10.4. The van der Waals surface area contributed by atoms with E-state index in [0.717, 1.165) is 19.8 Å². The zero-order valence-electron chi connectivity index (χ0n) is 6.80. The van der Waals surface area contributed by atoms with E-state index in [-0.39, 0.29) is 0 Å². The van der Waals surface area contributed by atoms with E-state index in [2.05, 4.69) is 13.8 Å². The fraction of sp³-hybridized carbons (Fsp3) is 1.00. The Morgan fingerprint density at radius 2 is 2.40 bits per heavy atom. The highest BCUT2D eigenvalue weighted by Gasteiger charge is 2.22. The number of epoxide rings is 1. The molecule has 1 fully saturated rings. The van der Waals surface area contributed by atoms with Gasteiger partial charge in [-0.3, -0.25) is 0 Å². The Labute approximate surface area is 62.5 Å². The predicted octanol–water partition coefficient (Wildman–Crippen LogP) is 1.45. The average Bonchev–Trinajstić information content (AvgIpc) is 2.71. The smallest absolute Gasteiger partial charge is 0.104 e. The van der Waals surface area contributed by atoms with Gasteiger partial charge in [0, 0.05) is 6.61 Å². The van der Waals surface area contributed by atoms with Crippen molar-refractivity contribution in [3.8, 4) is 0 Å². The van der Waals surface area contributed by atoms with Crippen LogP contribution in [0.1, 0.15) is 20.3 Å². The van der Waals surface area contributed by atoms with Crippen LogP contribution in [-0.4, -0.2) is 25.9 Å². The lowest BCUT2D eigenvalue weighted by Crippen LogP contribution is -2.08. The minimum Gasteiger partial charge on any atom is -0.378 e. The zero-order chi connectivity index (χ0) is 7.40. The summed E-state index contributed by atoms with van der Waals surface area (Å²) in [7, 11) is 0. The Balaban J connectivity index is 1.83. The molecule has 0 amide bonds. The van der Waals surface area contributed by atoms with Crippen molar-refractivity contribution in [1.82, 2.24) is 0 Å². The van der Waals surface area contributed by atoms with Gasteiger partial charge < -0.3 is 9.47 Å². The SMILES string of the molecule is CCC(C)COCC1CO1. The summed E-state index contributed by atoms with van der Waals surface area (Å²) in [6.45, 7) is 6.97. The molecule has 0 bridgehead atoms. The first-order chi connectivity index (χ1) is 4.83. The normalized spacial score (nSPS) is 26.4. The summed E-state index contributed by atoms with van der Waals surface area (Å²) in [4.78, 5) is 0. The molecule has 2 nitrogen and oxygen atoms in total. The molecule has 1 saturated heterocycles. The summed E-state index contributed by atoms with van der Waals surface area (Å²) in [6.07, 6.45) is 1.62. The zero-order valence-corrected chi connectivity index (χ0v) is 6.80. The third kappa shape index (κ3) is 3.18. The van der Waals surface area contributed by atoms with Gasteiger partial charge in [-0.2, -0.15) is 0 Å². The van der Waals surface area contributed by atoms with E-state index < -0.39 is 0 Å². The van der Waals surface area contributed by atoms with Crippen LogP contribution in [0.15, 0.2) is 0 Å². The fourth-order valence-electron chi connectivity index (χ4n) is 0.683. The largest absolute Gasteiger partial charge is 0.378 e. The molecule has 0 N–H and O–H groups in total. The topological polar surface area (TPSA) is 21.8 Å². The van der Waals surface area contributed by atoms with Gasteiger partial charge in [0.25, 0.3) is 0 Å². The van der Waals surface area contributed by atoms with E-state index in [1.807, 2.05) is 0 Å². The molecule has 1 aliphatic rings. The molecule has 2 atom stereocenters. The van der Waals surface area contributed by atoms with Crippen molar-refractivity contribution in [3.63, 3.8) is 0 Å². The Hall–Kier alpha value is -0.0800. The summed E-state index contributed by atoms with van der Waals surface area (Å²) in [5.41, 5.74) is 0. The highest BCUT2D eigenvalue weighted by atomic mass is 16.6. The minimum absolute atomic E-state index is 0.420. The molecule has 0 aliphatic carbocycles. The average molecular weight is 144 g/mol. The van der Waals surface area contributed by atoms with E-state index in [4.69, 9.17) is 9.47 Å². The van der Waals surface area contributed by atoms with Crippen LogP contribution in [-0.2, 0) is 9.47 Å². The quantitative estimate of drug-likeness (QED) is 0.545. The lowest BCUT2D eigenvalue weighted by molar-refractivity contribution is 0.0897. The first-order valence-electron chi connectivity index (χ1n) is 4.02. The minimum atomic E-state index is 0.420. The molecule has 1 heterocycles. The van der Waals surface area contributed by atoms with Crippen LogP contribution in [0, 0.1) is 5.92 Å². The first-order valence-corrected chi connectivity index (χ1v) is 4.02. The van der Waals surface area contributed by atoms with Crippen molar-refractivity contribution in [2.45, 2.75) is 26.4 Å². The lowest BCUT2D eigenvalue weighted by atomic mass is 10.1. The Kier molecular flexibility index (Phi) is 3.16. The van der Waals surface area contributed by atoms with Gasteiger partial charge in [0.1, 0.15) is 6.10 Å². The van der Waals surface area contributed by atoms with Crippen molar-refractivity contribution in [2.24, 2.45) is 5.92 Å². The summed E-state index contributed by atoms with van der Waals surface area (Å²) in [5.74, 6) is 0.693. The van der Waals surface area contributed by atoms with Gasteiger partial charge in [-0.25, -0.2) is 0 Å². The molecule has 0 aromatic rings. The summed E-state index contributed by atoms with van der Waals surface area (Å²) in [6, 6.07) is 0. The standard InChI is InChI=1S/C8H16O2/c1-3-7(2)4-9-5-8-6-10-8/h7-8H,3-6H2,1-2H3. The maximum atomic E-state index is 5.39. The van der Waals surface area contributed by atoms with Gasteiger partial charge in [0.05, 0.1) is 13.2 Å². The molecule has 0 aromatic heterocycles. The number of hydrogen-bond donors (Lipinski definition) is 0. The molecule has 0 spiro atoms. The van der Waals surface area contributed by atoms with E-state index >= 15 is 0 Å². The molecule has 2 unspecified atom stereocenters. The molecule has 10 heavy (non-hydrogen) atoms. The van der Waals surface area contributed by atoms with Crippen molar-refractivity contribution < 1.29 is 9.47 Å². The second-order valence-electron chi connectivity index (χ2n) is 3.01. The number of ether oxygens (including phenoxy) is 2. The maximum Gasteiger partial charge on any atom is 0.104 e. The third-order valence-corrected chi connectivity index (χ3v) is 1.81. The molecule has 60 valence electrons. The number of hydrogen-bond acceptors (Lipinski definition) is 2. The highest BCUT2D eigenvalue weighted by Crippen LogP contribution is 2.09. The lowest BCUT2D eigenvalue weighted by Gasteiger charge is -2.07. The molecule has 1 rings (SSSR count). The van der Waals surface area contributed by atoms with Gasteiger partial charge in [-0.05, 0) is 5.92 Å². The van der Waals surface area contributed by atoms with Crippen LogP contribution in [0.3, 0.4) is 0 Å². The van der Waals surface area contributed by atoms with Gasteiger partial charge in [-0.15, -0.1) is 0 Å². The second kappa shape index (κ2) is 3.94. The van der Waals surface area contributed by atoms with Crippen LogP contribution in [0.2, 0.25) is 0 Å². The van der Waals surface area contributed by atoms with E-state index in [1.165, 1.54) is 6.42 Å². The van der Waals surface area contributed by atoms with Crippen LogP contribution in [0.4, 0.5) is 0 Å². The molecule has 0 radical (unpaired) electrons. The predicted molar refractivity (Wildman–Crippen MR) is 40.0 cm³/mol. The van der Waals surface area contributed by atoms with Crippen molar-refractivity contribution in [3.05, 3.63) is 0 Å². The van der Waals surface area contributed by atoms with Crippen molar-refractivity contribution in [1.29, 1.82) is 0 Å². The molecule has 1 aliphatic heterocycles. The highest BCUT2D eigenvalue weighted by molar-refractivity contribution is 4.67. The van der Waals surface area contributed by atoms with Gasteiger partial charge in [-0.1, -0.05) is 20.3 Å². The Morgan fingerprint density at radius 3 is 2.90 bits per heavy atom. The van der Waals surface area contributed by atoms with Gasteiger partial charge in [0.2, 0.25) is 0 Å². The van der Waals surface area contributed by atoms with Crippen LogP contribution in [0.5, 0.6) is 0 Å². The van der Waals surface area contributed by atoms with Gasteiger partial charge in [0.15, 0.2) is 0 Å². The van der Waals surface area contributed by atoms with Crippen LogP contribution >= 0.6 is 0 Å². The second-order valence-corrected chi connectivity index (χ2v) is 3.01. The maximum absolute atomic E-state index is 5.39. The summed E-state index contributed by atoms with van der Waals surface area (Å²) in [5, 5.41) is 0. The van der Waals surface area contributed by atoms with Crippen LogP contribution in [0.25, 0.3) is 0 Å². The fourth-order valence-corrected chi connectivity index (χ4v) is 0.683. The number of rotatable bonds is 5. The van der Waals surface area contributed by atoms with E-state index in [9.17, 15) is 0 Å². The molecule has 0 aromatic carbocycles.